The van der Waals surface area contributed by atoms with E-state index in [1.807, 2.05) is 12.3 Å². The molecule has 0 aliphatic rings. The second-order valence-electron chi connectivity index (χ2n) is 1.81. The Kier molecular flexibility index (Phi) is 2.27. The lowest BCUT2D eigenvalue weighted by atomic mass is 10.3. The van der Waals surface area contributed by atoms with E-state index in [4.69, 9.17) is 4.74 Å². The van der Waals surface area contributed by atoms with E-state index in [2.05, 4.69) is 10.2 Å². The van der Waals surface area contributed by atoms with Gasteiger partial charge in [-0.2, -0.15) is 5.10 Å². The Morgan fingerprint density at radius 2 is 2.67 bits per heavy atom. The number of hydrogen-bond acceptors (Lipinski definition) is 2. The Morgan fingerprint density at radius 1 is 1.78 bits per heavy atom. The summed E-state index contributed by atoms with van der Waals surface area (Å²) in [5.41, 5.74) is 1.05. The topological polar surface area (TPSA) is 37.9 Å². The van der Waals surface area contributed by atoms with Crippen LogP contribution < -0.4 is 0 Å². The van der Waals surface area contributed by atoms with Crippen molar-refractivity contribution in [1.82, 2.24) is 10.2 Å². The summed E-state index contributed by atoms with van der Waals surface area (Å²) in [5.74, 6) is 0. The van der Waals surface area contributed by atoms with E-state index in [-0.39, 0.29) is 0 Å². The normalized spacial score (nSPS) is 9.89. The first-order chi connectivity index (χ1) is 4.43. The van der Waals surface area contributed by atoms with Gasteiger partial charge in [0.1, 0.15) is 0 Å². The molecule has 3 heteroatoms. The lowest BCUT2D eigenvalue weighted by Gasteiger charge is -1.91. The van der Waals surface area contributed by atoms with Gasteiger partial charge >= 0.3 is 0 Å². The molecule has 0 atom stereocenters. The van der Waals surface area contributed by atoms with Crippen LogP contribution in [0.4, 0.5) is 0 Å². The average molecular weight is 126 g/mol. The fourth-order valence-electron chi connectivity index (χ4n) is 0.637. The molecule has 0 saturated heterocycles. The second kappa shape index (κ2) is 3.25. The molecule has 0 unspecified atom stereocenters. The van der Waals surface area contributed by atoms with Gasteiger partial charge in [0.15, 0.2) is 0 Å². The largest absolute Gasteiger partial charge is 0.384 e. The van der Waals surface area contributed by atoms with E-state index >= 15 is 0 Å². The first-order valence-electron chi connectivity index (χ1n) is 2.91. The van der Waals surface area contributed by atoms with E-state index in [1.54, 1.807) is 7.11 Å². The Hall–Kier alpha value is -0.830. The minimum Gasteiger partial charge on any atom is -0.384 e. The molecule has 9 heavy (non-hydrogen) atoms. The lowest BCUT2D eigenvalue weighted by Crippen LogP contribution is -1.93. The maximum atomic E-state index is 4.86. The summed E-state index contributed by atoms with van der Waals surface area (Å²) in [4.78, 5) is 0. The van der Waals surface area contributed by atoms with Crippen LogP contribution in [0.25, 0.3) is 0 Å². The molecule has 1 rings (SSSR count). The number of rotatable bonds is 3. The maximum absolute atomic E-state index is 4.86. The summed E-state index contributed by atoms with van der Waals surface area (Å²) >= 11 is 0. The fourth-order valence-corrected chi connectivity index (χ4v) is 0.637. The van der Waals surface area contributed by atoms with Crippen molar-refractivity contribution in [2.24, 2.45) is 0 Å². The first-order valence-corrected chi connectivity index (χ1v) is 2.91. The van der Waals surface area contributed by atoms with Crippen LogP contribution in [0.2, 0.25) is 0 Å². The fraction of sp³-hybridized carbons (Fsp3) is 0.500. The first kappa shape index (κ1) is 6.29. The third kappa shape index (κ3) is 1.85. The van der Waals surface area contributed by atoms with Gasteiger partial charge in [-0.05, 0) is 6.07 Å². The quantitative estimate of drug-likeness (QED) is 0.644. The molecule has 3 nitrogen and oxygen atoms in total. The van der Waals surface area contributed by atoms with Gasteiger partial charge in [-0.15, -0.1) is 0 Å². The highest BCUT2D eigenvalue weighted by molar-refractivity contribution is 4.96. The van der Waals surface area contributed by atoms with Crippen molar-refractivity contribution >= 4 is 0 Å². The van der Waals surface area contributed by atoms with Gasteiger partial charge in [0.25, 0.3) is 0 Å². The number of hydrogen-bond donors (Lipinski definition) is 1. The lowest BCUT2D eigenvalue weighted by molar-refractivity contribution is 0.201. The highest BCUT2D eigenvalue weighted by Crippen LogP contribution is 1.91. The van der Waals surface area contributed by atoms with E-state index in [0.717, 1.165) is 18.7 Å². The third-order valence-corrected chi connectivity index (χ3v) is 1.12. The van der Waals surface area contributed by atoms with Crippen molar-refractivity contribution in [1.29, 1.82) is 0 Å². The molecule has 0 saturated carbocycles. The number of methoxy groups -OCH3 is 1. The van der Waals surface area contributed by atoms with Gasteiger partial charge in [0.2, 0.25) is 0 Å². The number of nitrogens with zero attached hydrogens (tertiary/aromatic N) is 1. The van der Waals surface area contributed by atoms with E-state index in [0.29, 0.717) is 0 Å². The molecule has 0 aliphatic carbocycles. The molecule has 0 fully saturated rings. The third-order valence-electron chi connectivity index (χ3n) is 1.12. The molecule has 0 aliphatic heterocycles. The van der Waals surface area contributed by atoms with Gasteiger partial charge in [0.05, 0.1) is 12.3 Å². The van der Waals surface area contributed by atoms with E-state index in [1.165, 1.54) is 0 Å². The molecule has 1 N–H and O–H groups in total. The van der Waals surface area contributed by atoms with Gasteiger partial charge < -0.3 is 4.74 Å². The second-order valence-corrected chi connectivity index (χ2v) is 1.81. The van der Waals surface area contributed by atoms with Gasteiger partial charge in [-0.1, -0.05) is 0 Å². The van der Waals surface area contributed by atoms with Crippen LogP contribution in [-0.4, -0.2) is 23.9 Å². The number of aromatic nitrogens is 2. The van der Waals surface area contributed by atoms with Gasteiger partial charge in [-0.25, -0.2) is 0 Å². The molecule has 0 bridgehead atoms. The maximum Gasteiger partial charge on any atom is 0.0645 e. The Bertz CT molecular complexity index is 148. The minimum absolute atomic E-state index is 0.741. The van der Waals surface area contributed by atoms with Crippen LogP contribution in [0.1, 0.15) is 5.69 Å². The van der Waals surface area contributed by atoms with Crippen LogP contribution >= 0.6 is 0 Å². The zero-order valence-electron chi connectivity index (χ0n) is 5.42. The summed E-state index contributed by atoms with van der Waals surface area (Å²) in [5, 5.41) is 6.68. The number of aromatic amines is 1. The van der Waals surface area contributed by atoms with Crippen LogP contribution in [-0.2, 0) is 11.2 Å². The molecule has 0 radical (unpaired) electrons. The zero-order valence-corrected chi connectivity index (χ0v) is 5.42. The smallest absolute Gasteiger partial charge is 0.0645 e. The molecule has 50 valence electrons. The van der Waals surface area contributed by atoms with Gasteiger partial charge in [0, 0.05) is 19.7 Å². The number of ether oxygens (including phenoxy) is 1. The van der Waals surface area contributed by atoms with Crippen molar-refractivity contribution in [2.75, 3.05) is 13.7 Å². The molecule has 1 heterocycles. The molecular weight excluding hydrogens is 116 g/mol. The molecule has 0 aromatic carbocycles. The van der Waals surface area contributed by atoms with Crippen LogP contribution in [0.15, 0.2) is 12.3 Å². The molecule has 0 spiro atoms. The van der Waals surface area contributed by atoms with Crippen molar-refractivity contribution in [3.63, 3.8) is 0 Å². The predicted octanol–water partition coefficient (Wildman–Crippen LogP) is 0.599. The van der Waals surface area contributed by atoms with E-state index in [9.17, 15) is 0 Å². The SMILES string of the molecule is COCCc1cc[nH]n1. The standard InChI is InChI=1S/C6H10N2O/c1-9-5-3-6-2-4-7-8-6/h2,4H,3,5H2,1H3,(H,7,8). The summed E-state index contributed by atoms with van der Waals surface area (Å²) in [6.07, 6.45) is 2.70. The molecule has 1 aromatic rings. The highest BCUT2D eigenvalue weighted by Gasteiger charge is 1.90. The summed E-state index contributed by atoms with van der Waals surface area (Å²) in [6.45, 7) is 0.741. The van der Waals surface area contributed by atoms with Crippen molar-refractivity contribution < 1.29 is 4.74 Å². The minimum atomic E-state index is 0.741. The molecule has 1 aromatic heterocycles. The predicted molar refractivity (Wildman–Crippen MR) is 34.2 cm³/mol. The summed E-state index contributed by atoms with van der Waals surface area (Å²) in [7, 11) is 1.69. The summed E-state index contributed by atoms with van der Waals surface area (Å²) in [6, 6.07) is 1.94. The molecular formula is C6H10N2O. The Labute approximate surface area is 54.0 Å². The Balaban J connectivity index is 2.30. The number of nitrogens with one attached hydrogen (secondary N) is 1. The number of H-pyrrole nitrogens is 1. The molecule has 0 amide bonds. The van der Waals surface area contributed by atoms with Crippen molar-refractivity contribution in [3.8, 4) is 0 Å². The van der Waals surface area contributed by atoms with Crippen LogP contribution in [0.3, 0.4) is 0 Å². The van der Waals surface area contributed by atoms with Crippen molar-refractivity contribution in [3.05, 3.63) is 18.0 Å². The van der Waals surface area contributed by atoms with Crippen molar-refractivity contribution in [2.45, 2.75) is 6.42 Å². The summed E-state index contributed by atoms with van der Waals surface area (Å²) < 4.78 is 4.86. The van der Waals surface area contributed by atoms with Crippen LogP contribution in [0, 0.1) is 0 Å². The van der Waals surface area contributed by atoms with Gasteiger partial charge in [-0.3, -0.25) is 5.10 Å². The van der Waals surface area contributed by atoms with E-state index < -0.39 is 0 Å². The zero-order chi connectivity index (χ0) is 6.53. The Morgan fingerprint density at radius 3 is 3.22 bits per heavy atom. The average Bonchev–Trinajstić information content (AvgIpc) is 2.34. The highest BCUT2D eigenvalue weighted by atomic mass is 16.5. The van der Waals surface area contributed by atoms with Crippen LogP contribution in [0.5, 0.6) is 0 Å². The monoisotopic (exact) mass is 126 g/mol.